The second kappa shape index (κ2) is 13.1. The van der Waals surface area contributed by atoms with E-state index in [0.717, 1.165) is 25.9 Å². The van der Waals surface area contributed by atoms with E-state index in [0.29, 0.717) is 6.10 Å². The normalized spacial score (nSPS) is 12.4. The molecule has 1 nitrogen and oxygen atoms in total. The summed E-state index contributed by atoms with van der Waals surface area (Å²) in [5, 5.41) is 0. The van der Waals surface area contributed by atoms with E-state index in [-0.39, 0.29) is 0 Å². The van der Waals surface area contributed by atoms with Gasteiger partial charge in [-0.1, -0.05) is 86.5 Å². The standard InChI is InChI=1S/C27H36O/c1-4-6-10-22-28-23(3)12-8-7-9-13-25-16-20-27(21-17-25)26-18-14-24(11-5-2)15-19-26/h5,9,13-21,23H,2,4,6-8,10-12,22H2,1,3H3/b13-9+. The van der Waals surface area contributed by atoms with Crippen LogP contribution in [0.4, 0.5) is 0 Å². The van der Waals surface area contributed by atoms with Gasteiger partial charge in [0.2, 0.25) is 0 Å². The van der Waals surface area contributed by atoms with Gasteiger partial charge < -0.3 is 4.74 Å². The van der Waals surface area contributed by atoms with E-state index in [9.17, 15) is 0 Å². The van der Waals surface area contributed by atoms with Gasteiger partial charge in [0.25, 0.3) is 0 Å². The topological polar surface area (TPSA) is 9.23 Å². The highest BCUT2D eigenvalue weighted by atomic mass is 16.5. The molecule has 1 unspecified atom stereocenters. The SMILES string of the molecule is C=CCc1ccc(-c2ccc(/C=C/CCCC(C)OCCCCC)cc2)cc1. The number of hydrogen-bond acceptors (Lipinski definition) is 1. The van der Waals surface area contributed by atoms with E-state index in [2.05, 4.69) is 81.1 Å². The Labute approximate surface area is 172 Å². The third-order valence-electron chi connectivity index (χ3n) is 5.02. The minimum absolute atomic E-state index is 0.377. The highest BCUT2D eigenvalue weighted by Crippen LogP contribution is 2.21. The second-order valence-electron chi connectivity index (χ2n) is 7.53. The summed E-state index contributed by atoms with van der Waals surface area (Å²) in [5.74, 6) is 0. The van der Waals surface area contributed by atoms with Crippen molar-refractivity contribution in [2.45, 2.75) is 64.9 Å². The maximum atomic E-state index is 5.86. The molecule has 0 aliphatic carbocycles. The van der Waals surface area contributed by atoms with Gasteiger partial charge >= 0.3 is 0 Å². The van der Waals surface area contributed by atoms with Crippen LogP contribution in [-0.4, -0.2) is 12.7 Å². The molecule has 0 bridgehead atoms. The molecule has 0 aromatic heterocycles. The fourth-order valence-corrected chi connectivity index (χ4v) is 3.25. The highest BCUT2D eigenvalue weighted by molar-refractivity contribution is 5.66. The van der Waals surface area contributed by atoms with E-state index in [1.54, 1.807) is 0 Å². The molecule has 0 N–H and O–H groups in total. The summed E-state index contributed by atoms with van der Waals surface area (Å²) in [6.45, 7) is 9.13. The first-order valence-electron chi connectivity index (χ1n) is 10.8. The lowest BCUT2D eigenvalue weighted by Crippen LogP contribution is -2.08. The molecule has 0 fully saturated rings. The van der Waals surface area contributed by atoms with Crippen molar-refractivity contribution in [3.05, 3.63) is 78.4 Å². The van der Waals surface area contributed by atoms with Gasteiger partial charge in [-0.2, -0.15) is 0 Å². The third-order valence-corrected chi connectivity index (χ3v) is 5.02. The van der Waals surface area contributed by atoms with Crippen molar-refractivity contribution >= 4 is 6.08 Å². The molecular weight excluding hydrogens is 340 g/mol. The number of rotatable bonds is 13. The highest BCUT2D eigenvalue weighted by Gasteiger charge is 2.01. The van der Waals surface area contributed by atoms with Crippen LogP contribution in [0.25, 0.3) is 17.2 Å². The van der Waals surface area contributed by atoms with E-state index in [1.807, 2.05) is 6.08 Å². The zero-order chi connectivity index (χ0) is 20.0. The van der Waals surface area contributed by atoms with Gasteiger partial charge in [0.15, 0.2) is 0 Å². The first-order valence-corrected chi connectivity index (χ1v) is 10.8. The summed E-state index contributed by atoms with van der Waals surface area (Å²) < 4.78 is 5.86. The molecular formula is C27H36O. The molecule has 0 saturated heterocycles. The Hall–Kier alpha value is -2.12. The first-order chi connectivity index (χ1) is 13.7. The van der Waals surface area contributed by atoms with E-state index in [4.69, 9.17) is 4.74 Å². The van der Waals surface area contributed by atoms with E-state index in [1.165, 1.54) is 47.9 Å². The zero-order valence-electron chi connectivity index (χ0n) is 17.7. The van der Waals surface area contributed by atoms with Gasteiger partial charge in [0.1, 0.15) is 0 Å². The summed E-state index contributed by atoms with van der Waals surface area (Å²) in [6, 6.07) is 17.5. The van der Waals surface area contributed by atoms with Crippen molar-refractivity contribution in [2.24, 2.45) is 0 Å². The summed E-state index contributed by atoms with van der Waals surface area (Å²) in [4.78, 5) is 0. The van der Waals surface area contributed by atoms with Crippen LogP contribution in [0.5, 0.6) is 0 Å². The monoisotopic (exact) mass is 376 g/mol. The molecule has 2 aromatic rings. The molecule has 2 rings (SSSR count). The van der Waals surface area contributed by atoms with Crippen molar-refractivity contribution in [2.75, 3.05) is 6.61 Å². The van der Waals surface area contributed by atoms with Crippen LogP contribution in [-0.2, 0) is 11.2 Å². The van der Waals surface area contributed by atoms with Crippen LogP contribution in [0.1, 0.15) is 63.5 Å². The molecule has 1 atom stereocenters. The van der Waals surface area contributed by atoms with Gasteiger partial charge in [-0.3, -0.25) is 0 Å². The van der Waals surface area contributed by atoms with Crippen molar-refractivity contribution < 1.29 is 4.74 Å². The van der Waals surface area contributed by atoms with Crippen molar-refractivity contribution in [1.82, 2.24) is 0 Å². The summed E-state index contributed by atoms with van der Waals surface area (Å²) in [7, 11) is 0. The predicted molar refractivity (Wildman–Crippen MR) is 124 cm³/mol. The largest absolute Gasteiger partial charge is 0.379 e. The molecule has 0 spiro atoms. The number of benzene rings is 2. The summed E-state index contributed by atoms with van der Waals surface area (Å²) in [5.41, 5.74) is 5.09. The van der Waals surface area contributed by atoms with Gasteiger partial charge in [-0.05, 0) is 61.3 Å². The molecule has 0 saturated carbocycles. The van der Waals surface area contributed by atoms with Crippen LogP contribution < -0.4 is 0 Å². The fraction of sp³-hybridized carbons (Fsp3) is 0.407. The molecule has 1 heteroatoms. The average Bonchev–Trinajstić information content (AvgIpc) is 2.72. The van der Waals surface area contributed by atoms with Crippen LogP contribution in [0.15, 0.2) is 67.3 Å². The number of hydrogen-bond donors (Lipinski definition) is 0. The molecule has 0 aliphatic heterocycles. The smallest absolute Gasteiger partial charge is 0.0547 e. The van der Waals surface area contributed by atoms with E-state index < -0.39 is 0 Å². The van der Waals surface area contributed by atoms with Gasteiger partial charge in [-0.15, -0.1) is 6.58 Å². The lowest BCUT2D eigenvalue weighted by molar-refractivity contribution is 0.0566. The van der Waals surface area contributed by atoms with E-state index >= 15 is 0 Å². The van der Waals surface area contributed by atoms with Gasteiger partial charge in [0.05, 0.1) is 6.10 Å². The minimum Gasteiger partial charge on any atom is -0.379 e. The Kier molecular flexibility index (Phi) is 10.4. The number of allylic oxidation sites excluding steroid dienone is 2. The number of unbranched alkanes of at least 4 members (excludes halogenated alkanes) is 3. The lowest BCUT2D eigenvalue weighted by atomic mass is 10.0. The Morgan fingerprint density at radius 2 is 1.61 bits per heavy atom. The molecule has 28 heavy (non-hydrogen) atoms. The van der Waals surface area contributed by atoms with Crippen LogP contribution in [0.3, 0.4) is 0 Å². The van der Waals surface area contributed by atoms with Crippen molar-refractivity contribution in [1.29, 1.82) is 0 Å². The first kappa shape index (κ1) is 22.2. The molecule has 150 valence electrons. The molecule has 0 radical (unpaired) electrons. The molecule has 0 heterocycles. The lowest BCUT2D eigenvalue weighted by Gasteiger charge is -2.12. The Morgan fingerprint density at radius 3 is 2.25 bits per heavy atom. The molecule has 0 amide bonds. The van der Waals surface area contributed by atoms with Crippen LogP contribution >= 0.6 is 0 Å². The molecule has 0 aliphatic rings. The third kappa shape index (κ3) is 8.27. The fourth-order valence-electron chi connectivity index (χ4n) is 3.25. The zero-order valence-corrected chi connectivity index (χ0v) is 17.7. The predicted octanol–water partition coefficient (Wildman–Crippen LogP) is 7.86. The maximum absolute atomic E-state index is 5.86. The Balaban J connectivity index is 1.72. The van der Waals surface area contributed by atoms with Crippen LogP contribution in [0.2, 0.25) is 0 Å². The second-order valence-corrected chi connectivity index (χ2v) is 7.53. The van der Waals surface area contributed by atoms with Crippen LogP contribution in [0, 0.1) is 0 Å². The maximum Gasteiger partial charge on any atom is 0.0547 e. The van der Waals surface area contributed by atoms with Crippen molar-refractivity contribution in [3.8, 4) is 11.1 Å². The number of ether oxygens (including phenoxy) is 1. The van der Waals surface area contributed by atoms with Gasteiger partial charge in [-0.25, -0.2) is 0 Å². The quantitative estimate of drug-likeness (QED) is 0.255. The summed E-state index contributed by atoms with van der Waals surface area (Å²) in [6.07, 6.45) is 14.9. The Morgan fingerprint density at radius 1 is 0.929 bits per heavy atom. The molecule has 2 aromatic carbocycles. The average molecular weight is 377 g/mol. The Bertz CT molecular complexity index is 694. The van der Waals surface area contributed by atoms with Gasteiger partial charge in [0, 0.05) is 6.61 Å². The summed E-state index contributed by atoms with van der Waals surface area (Å²) >= 11 is 0. The minimum atomic E-state index is 0.377. The van der Waals surface area contributed by atoms with Crippen molar-refractivity contribution in [3.63, 3.8) is 0 Å².